The standard InChI is InChI=1S/C42H23N3O2/c1-2-12-25-23-26(22-21-24(25)11-1)37-41-38(31-17-7-10-20-34(31)47-41)44-42(43-37)45-32-18-8-5-15-29(32)35-27-13-3-4-14-28(27)36-30-16-6-9-19-33(30)46-40(36)39(35)45/h1-23H. The molecule has 5 heteroatoms. The SMILES string of the molecule is c1ccc2cc(-c3nc(-n4c5ccccc5c5c6ccccc6c6c7ccccc7oc6c54)nc4c3oc3ccccc34)ccc2c1. The van der Waals surface area contributed by atoms with Gasteiger partial charge in [-0.25, -0.2) is 9.97 Å². The summed E-state index contributed by atoms with van der Waals surface area (Å²) in [6, 6.07) is 48.3. The molecule has 11 aromatic rings. The second-order valence-corrected chi connectivity index (χ2v) is 12.1. The van der Waals surface area contributed by atoms with Crippen molar-refractivity contribution < 1.29 is 8.83 Å². The highest BCUT2D eigenvalue weighted by Gasteiger charge is 2.25. The number of hydrogen-bond donors (Lipinski definition) is 0. The minimum Gasteiger partial charge on any atom is -0.454 e. The second kappa shape index (κ2) is 9.05. The third-order valence-corrected chi connectivity index (χ3v) is 9.58. The van der Waals surface area contributed by atoms with Gasteiger partial charge in [0.1, 0.15) is 27.9 Å². The number of rotatable bonds is 2. The highest BCUT2D eigenvalue weighted by atomic mass is 16.3. The van der Waals surface area contributed by atoms with E-state index >= 15 is 0 Å². The maximum atomic E-state index is 6.78. The molecular formula is C42H23N3O2. The maximum Gasteiger partial charge on any atom is 0.236 e. The lowest BCUT2D eigenvalue weighted by molar-refractivity contribution is 0.666. The van der Waals surface area contributed by atoms with Crippen LogP contribution in [0.3, 0.4) is 0 Å². The molecule has 0 fully saturated rings. The van der Waals surface area contributed by atoms with Crippen molar-refractivity contribution in [2.45, 2.75) is 0 Å². The summed E-state index contributed by atoms with van der Waals surface area (Å²) in [7, 11) is 0. The molecule has 47 heavy (non-hydrogen) atoms. The normalized spacial score (nSPS) is 12.3. The van der Waals surface area contributed by atoms with E-state index in [0.717, 1.165) is 82.3 Å². The molecule has 11 rings (SSSR count). The largest absolute Gasteiger partial charge is 0.454 e. The van der Waals surface area contributed by atoms with Crippen LogP contribution in [0, 0.1) is 0 Å². The Bertz CT molecular complexity index is 3090. The third kappa shape index (κ3) is 3.32. The Morgan fingerprint density at radius 1 is 0.468 bits per heavy atom. The zero-order valence-corrected chi connectivity index (χ0v) is 24.9. The molecule has 0 bridgehead atoms. The van der Waals surface area contributed by atoms with Gasteiger partial charge in [0.2, 0.25) is 5.95 Å². The van der Waals surface area contributed by atoms with Crippen LogP contribution in [-0.4, -0.2) is 14.5 Å². The summed E-state index contributed by atoms with van der Waals surface area (Å²) in [4.78, 5) is 10.7. The van der Waals surface area contributed by atoms with Gasteiger partial charge in [0.05, 0.1) is 5.52 Å². The summed E-state index contributed by atoms with van der Waals surface area (Å²) >= 11 is 0. The van der Waals surface area contributed by atoms with Gasteiger partial charge in [0.25, 0.3) is 0 Å². The molecule has 0 aliphatic rings. The van der Waals surface area contributed by atoms with Gasteiger partial charge < -0.3 is 8.83 Å². The van der Waals surface area contributed by atoms with Gasteiger partial charge in [0, 0.05) is 32.5 Å². The number of benzene rings is 7. The minimum atomic E-state index is 0.565. The van der Waals surface area contributed by atoms with Crippen LogP contribution in [0.2, 0.25) is 0 Å². The molecule has 7 aromatic carbocycles. The highest BCUT2D eigenvalue weighted by Crippen LogP contribution is 2.46. The Morgan fingerprint density at radius 3 is 1.91 bits per heavy atom. The fourth-order valence-corrected chi connectivity index (χ4v) is 7.55. The van der Waals surface area contributed by atoms with Crippen LogP contribution in [0.25, 0.3) is 105 Å². The van der Waals surface area contributed by atoms with Gasteiger partial charge in [-0.05, 0) is 51.9 Å². The molecule has 5 nitrogen and oxygen atoms in total. The van der Waals surface area contributed by atoms with E-state index in [-0.39, 0.29) is 0 Å². The summed E-state index contributed by atoms with van der Waals surface area (Å²) in [6.45, 7) is 0. The lowest BCUT2D eigenvalue weighted by Crippen LogP contribution is -2.03. The molecular weight excluding hydrogens is 578 g/mol. The van der Waals surface area contributed by atoms with Gasteiger partial charge >= 0.3 is 0 Å². The first-order chi connectivity index (χ1) is 23.3. The van der Waals surface area contributed by atoms with Gasteiger partial charge in [-0.2, -0.15) is 0 Å². The van der Waals surface area contributed by atoms with Crippen molar-refractivity contribution in [1.29, 1.82) is 0 Å². The first kappa shape index (κ1) is 24.8. The minimum absolute atomic E-state index is 0.565. The summed E-state index contributed by atoms with van der Waals surface area (Å²) in [5.41, 5.74) is 7.59. The predicted molar refractivity (Wildman–Crippen MR) is 191 cm³/mol. The third-order valence-electron chi connectivity index (χ3n) is 9.58. The highest BCUT2D eigenvalue weighted by molar-refractivity contribution is 6.35. The number of nitrogens with zero attached hydrogens (tertiary/aromatic N) is 3. The molecule has 218 valence electrons. The van der Waals surface area contributed by atoms with Crippen molar-refractivity contribution in [3.8, 4) is 17.2 Å². The average Bonchev–Trinajstić information content (AvgIpc) is 3.81. The van der Waals surface area contributed by atoms with E-state index in [4.69, 9.17) is 18.8 Å². The molecule has 0 spiro atoms. The molecule has 0 saturated carbocycles. The van der Waals surface area contributed by atoms with E-state index in [1.54, 1.807) is 0 Å². The van der Waals surface area contributed by atoms with E-state index in [9.17, 15) is 0 Å². The first-order valence-electron chi connectivity index (χ1n) is 15.8. The van der Waals surface area contributed by atoms with Crippen LogP contribution in [0.5, 0.6) is 0 Å². The number of furan rings is 2. The van der Waals surface area contributed by atoms with E-state index in [1.807, 2.05) is 30.3 Å². The molecule has 0 aliphatic heterocycles. The molecule has 0 radical (unpaired) electrons. The van der Waals surface area contributed by atoms with E-state index in [0.29, 0.717) is 11.5 Å². The lowest BCUT2D eigenvalue weighted by Gasteiger charge is -2.11. The molecule has 0 saturated heterocycles. The van der Waals surface area contributed by atoms with Gasteiger partial charge in [-0.1, -0.05) is 109 Å². The summed E-state index contributed by atoms with van der Waals surface area (Å²) < 4.78 is 15.5. The number of fused-ring (bicyclic) bond motifs is 14. The maximum absolute atomic E-state index is 6.78. The van der Waals surface area contributed by atoms with Crippen LogP contribution in [0.15, 0.2) is 148 Å². The predicted octanol–water partition coefficient (Wildman–Crippen LogP) is 11.3. The topological polar surface area (TPSA) is 57.0 Å². The number of aromatic nitrogens is 3. The molecule has 0 aliphatic carbocycles. The van der Waals surface area contributed by atoms with Crippen molar-refractivity contribution in [2.75, 3.05) is 0 Å². The molecule has 0 atom stereocenters. The smallest absolute Gasteiger partial charge is 0.236 e. The Kier molecular flexibility index (Phi) is 4.78. The first-order valence-corrected chi connectivity index (χ1v) is 15.8. The monoisotopic (exact) mass is 601 g/mol. The van der Waals surface area contributed by atoms with Crippen molar-refractivity contribution in [3.63, 3.8) is 0 Å². The number of para-hydroxylation sites is 3. The Labute approximate surface area is 266 Å². The zero-order valence-electron chi connectivity index (χ0n) is 24.9. The Balaban J connectivity index is 1.36. The van der Waals surface area contributed by atoms with Gasteiger partial charge in [-0.15, -0.1) is 0 Å². The molecule has 0 amide bonds. The van der Waals surface area contributed by atoms with Gasteiger partial charge in [-0.3, -0.25) is 4.57 Å². The van der Waals surface area contributed by atoms with Gasteiger partial charge in [0.15, 0.2) is 11.2 Å². The van der Waals surface area contributed by atoms with Crippen molar-refractivity contribution >= 4 is 87.4 Å². The summed E-state index contributed by atoms with van der Waals surface area (Å²) in [5, 5.41) is 10.0. The molecule has 4 aromatic heterocycles. The van der Waals surface area contributed by atoms with Crippen LogP contribution in [0.1, 0.15) is 0 Å². The van der Waals surface area contributed by atoms with Crippen LogP contribution < -0.4 is 0 Å². The molecule has 0 N–H and O–H groups in total. The summed E-state index contributed by atoms with van der Waals surface area (Å²) in [6.07, 6.45) is 0. The van der Waals surface area contributed by atoms with E-state index < -0.39 is 0 Å². The van der Waals surface area contributed by atoms with Crippen LogP contribution in [-0.2, 0) is 0 Å². The fraction of sp³-hybridized carbons (Fsp3) is 0. The lowest BCUT2D eigenvalue weighted by atomic mass is 9.99. The van der Waals surface area contributed by atoms with Crippen molar-refractivity contribution in [1.82, 2.24) is 14.5 Å². The van der Waals surface area contributed by atoms with Crippen LogP contribution in [0.4, 0.5) is 0 Å². The average molecular weight is 602 g/mol. The quantitative estimate of drug-likeness (QED) is 0.198. The zero-order chi connectivity index (χ0) is 30.6. The molecule has 4 heterocycles. The molecule has 0 unspecified atom stereocenters. The number of hydrogen-bond acceptors (Lipinski definition) is 4. The van der Waals surface area contributed by atoms with E-state index in [2.05, 4.69) is 114 Å². The van der Waals surface area contributed by atoms with Crippen molar-refractivity contribution in [3.05, 3.63) is 140 Å². The second-order valence-electron chi connectivity index (χ2n) is 12.1. The summed E-state index contributed by atoms with van der Waals surface area (Å²) in [5.74, 6) is 0.565. The Hall–Kier alpha value is -6.46. The Morgan fingerprint density at radius 2 is 1.09 bits per heavy atom. The fourth-order valence-electron chi connectivity index (χ4n) is 7.55. The van der Waals surface area contributed by atoms with Crippen molar-refractivity contribution in [2.24, 2.45) is 0 Å². The van der Waals surface area contributed by atoms with E-state index in [1.165, 1.54) is 10.8 Å². The van der Waals surface area contributed by atoms with Crippen LogP contribution >= 0.6 is 0 Å².